The number of hydrogen-bond acceptors (Lipinski definition) is 4. The number of benzene rings is 2. The van der Waals surface area contributed by atoms with Gasteiger partial charge in [0.15, 0.2) is 0 Å². The normalized spacial score (nSPS) is 10.6. The SMILES string of the molecule is Clc1cccc(-c2cccc(Br)c2OCCn2cnnn2)c1. The van der Waals surface area contributed by atoms with Crippen LogP contribution in [0.4, 0.5) is 0 Å². The van der Waals surface area contributed by atoms with E-state index < -0.39 is 0 Å². The van der Waals surface area contributed by atoms with Crippen molar-refractivity contribution in [1.82, 2.24) is 20.2 Å². The Morgan fingerprint density at radius 3 is 2.82 bits per heavy atom. The lowest BCUT2D eigenvalue weighted by Gasteiger charge is -2.13. The number of rotatable bonds is 5. The van der Waals surface area contributed by atoms with Crippen LogP contribution in [0.1, 0.15) is 0 Å². The van der Waals surface area contributed by atoms with Crippen molar-refractivity contribution < 1.29 is 4.74 Å². The average Bonchev–Trinajstić information content (AvgIpc) is 3.02. The van der Waals surface area contributed by atoms with E-state index in [9.17, 15) is 0 Å². The first-order valence-corrected chi connectivity index (χ1v) is 7.79. The van der Waals surface area contributed by atoms with E-state index in [-0.39, 0.29) is 0 Å². The zero-order valence-corrected chi connectivity index (χ0v) is 13.8. The fraction of sp³-hybridized carbons (Fsp3) is 0.133. The lowest BCUT2D eigenvalue weighted by atomic mass is 10.0. The van der Waals surface area contributed by atoms with Crippen LogP contribution in [0.5, 0.6) is 5.75 Å². The zero-order chi connectivity index (χ0) is 15.4. The summed E-state index contributed by atoms with van der Waals surface area (Å²) in [6, 6.07) is 13.6. The summed E-state index contributed by atoms with van der Waals surface area (Å²) in [6.07, 6.45) is 1.56. The molecule has 3 rings (SSSR count). The molecule has 0 saturated heterocycles. The van der Waals surface area contributed by atoms with Crippen LogP contribution in [0.15, 0.2) is 53.3 Å². The highest BCUT2D eigenvalue weighted by molar-refractivity contribution is 9.10. The van der Waals surface area contributed by atoms with E-state index in [1.165, 1.54) is 0 Å². The van der Waals surface area contributed by atoms with Gasteiger partial charge in [-0.05, 0) is 50.1 Å². The lowest BCUT2D eigenvalue weighted by molar-refractivity contribution is 0.289. The van der Waals surface area contributed by atoms with Crippen LogP contribution in [0, 0.1) is 0 Å². The fourth-order valence-corrected chi connectivity index (χ4v) is 2.73. The summed E-state index contributed by atoms with van der Waals surface area (Å²) >= 11 is 9.62. The molecule has 0 fully saturated rings. The summed E-state index contributed by atoms with van der Waals surface area (Å²) in [5.41, 5.74) is 1.99. The smallest absolute Gasteiger partial charge is 0.141 e. The minimum atomic E-state index is 0.460. The van der Waals surface area contributed by atoms with Crippen LogP contribution < -0.4 is 4.74 Å². The van der Waals surface area contributed by atoms with Gasteiger partial charge in [-0.2, -0.15) is 0 Å². The Labute approximate surface area is 141 Å². The molecule has 5 nitrogen and oxygen atoms in total. The number of hydrogen-bond donors (Lipinski definition) is 0. The van der Waals surface area contributed by atoms with Gasteiger partial charge in [-0.15, -0.1) is 5.10 Å². The summed E-state index contributed by atoms with van der Waals surface area (Å²) in [4.78, 5) is 0. The van der Waals surface area contributed by atoms with Crippen LogP contribution >= 0.6 is 27.5 Å². The molecule has 0 bridgehead atoms. The number of aromatic nitrogens is 4. The molecular formula is C15H12BrClN4O. The van der Waals surface area contributed by atoms with E-state index in [1.807, 2.05) is 42.5 Å². The third-order valence-corrected chi connectivity index (χ3v) is 3.92. The van der Waals surface area contributed by atoms with E-state index in [2.05, 4.69) is 31.5 Å². The van der Waals surface area contributed by atoms with Crippen molar-refractivity contribution in [2.45, 2.75) is 6.54 Å². The summed E-state index contributed by atoms with van der Waals surface area (Å²) in [7, 11) is 0. The number of halogens is 2. The van der Waals surface area contributed by atoms with Crippen molar-refractivity contribution >= 4 is 27.5 Å². The molecule has 0 aliphatic carbocycles. The molecule has 0 atom stereocenters. The maximum Gasteiger partial charge on any atom is 0.141 e. The predicted molar refractivity (Wildman–Crippen MR) is 87.9 cm³/mol. The van der Waals surface area contributed by atoms with Crippen LogP contribution in [-0.2, 0) is 6.54 Å². The first-order chi connectivity index (χ1) is 10.7. The van der Waals surface area contributed by atoms with E-state index >= 15 is 0 Å². The first-order valence-electron chi connectivity index (χ1n) is 6.62. The third kappa shape index (κ3) is 3.45. The molecule has 0 spiro atoms. The number of ether oxygens (including phenoxy) is 1. The third-order valence-electron chi connectivity index (χ3n) is 3.06. The van der Waals surface area contributed by atoms with E-state index in [0.717, 1.165) is 21.3 Å². The van der Waals surface area contributed by atoms with E-state index in [1.54, 1.807) is 11.0 Å². The van der Waals surface area contributed by atoms with Gasteiger partial charge in [-0.25, -0.2) is 4.68 Å². The van der Waals surface area contributed by atoms with Crippen molar-refractivity contribution in [3.05, 3.63) is 58.3 Å². The summed E-state index contributed by atoms with van der Waals surface area (Å²) < 4.78 is 8.44. The Bertz CT molecular complexity index is 764. The summed E-state index contributed by atoms with van der Waals surface area (Å²) in [5, 5.41) is 11.7. The molecule has 0 aliphatic heterocycles. The topological polar surface area (TPSA) is 52.8 Å². The van der Waals surface area contributed by atoms with E-state index in [4.69, 9.17) is 16.3 Å². The van der Waals surface area contributed by atoms with Gasteiger partial charge in [0.1, 0.15) is 18.7 Å². The monoisotopic (exact) mass is 378 g/mol. The molecule has 112 valence electrons. The van der Waals surface area contributed by atoms with Crippen molar-refractivity contribution in [2.24, 2.45) is 0 Å². The quantitative estimate of drug-likeness (QED) is 0.676. The van der Waals surface area contributed by atoms with Gasteiger partial charge < -0.3 is 4.74 Å². The summed E-state index contributed by atoms with van der Waals surface area (Å²) in [6.45, 7) is 1.03. The standard InChI is InChI=1S/C15H12BrClN4O/c16-14-6-2-5-13(11-3-1-4-12(17)9-11)15(14)22-8-7-21-10-18-19-20-21/h1-6,9-10H,7-8H2. The molecule has 1 aromatic heterocycles. The molecule has 0 radical (unpaired) electrons. The van der Waals surface area contributed by atoms with Gasteiger partial charge in [0.05, 0.1) is 11.0 Å². The predicted octanol–water partition coefficient (Wildman–Crippen LogP) is 3.84. The molecule has 0 saturated carbocycles. The molecule has 22 heavy (non-hydrogen) atoms. The van der Waals surface area contributed by atoms with Gasteiger partial charge in [0.2, 0.25) is 0 Å². The molecule has 0 N–H and O–H groups in total. The molecule has 1 heterocycles. The fourth-order valence-electron chi connectivity index (χ4n) is 2.06. The van der Waals surface area contributed by atoms with Gasteiger partial charge >= 0.3 is 0 Å². The Hall–Kier alpha value is -1.92. The maximum atomic E-state index is 6.08. The second kappa shape index (κ2) is 6.89. The van der Waals surface area contributed by atoms with Crippen LogP contribution in [0.25, 0.3) is 11.1 Å². The minimum Gasteiger partial charge on any atom is -0.490 e. The molecule has 2 aromatic carbocycles. The highest BCUT2D eigenvalue weighted by Gasteiger charge is 2.10. The molecular weight excluding hydrogens is 368 g/mol. The second-order valence-electron chi connectivity index (χ2n) is 4.55. The number of para-hydroxylation sites is 1. The number of nitrogens with zero attached hydrogens (tertiary/aromatic N) is 4. The largest absolute Gasteiger partial charge is 0.490 e. The van der Waals surface area contributed by atoms with E-state index in [0.29, 0.717) is 18.2 Å². The lowest BCUT2D eigenvalue weighted by Crippen LogP contribution is -2.09. The Balaban J connectivity index is 1.83. The Morgan fingerprint density at radius 1 is 1.18 bits per heavy atom. The highest BCUT2D eigenvalue weighted by Crippen LogP contribution is 2.37. The highest BCUT2D eigenvalue weighted by atomic mass is 79.9. The van der Waals surface area contributed by atoms with Gasteiger partial charge in [-0.1, -0.05) is 35.9 Å². The Kier molecular flexibility index (Phi) is 4.70. The van der Waals surface area contributed by atoms with Gasteiger partial charge in [0, 0.05) is 10.6 Å². The van der Waals surface area contributed by atoms with Crippen LogP contribution in [0.2, 0.25) is 5.02 Å². The maximum absolute atomic E-state index is 6.08. The number of tetrazole rings is 1. The molecule has 7 heteroatoms. The molecule has 0 unspecified atom stereocenters. The summed E-state index contributed by atoms with van der Waals surface area (Å²) in [5.74, 6) is 0.776. The molecule has 3 aromatic rings. The van der Waals surface area contributed by atoms with Crippen molar-refractivity contribution in [3.8, 4) is 16.9 Å². The molecule has 0 amide bonds. The van der Waals surface area contributed by atoms with Crippen molar-refractivity contribution in [1.29, 1.82) is 0 Å². The first kappa shape index (κ1) is 15.0. The van der Waals surface area contributed by atoms with Gasteiger partial charge in [0.25, 0.3) is 0 Å². The average molecular weight is 380 g/mol. The second-order valence-corrected chi connectivity index (χ2v) is 5.84. The van der Waals surface area contributed by atoms with Crippen molar-refractivity contribution in [3.63, 3.8) is 0 Å². The van der Waals surface area contributed by atoms with Gasteiger partial charge in [-0.3, -0.25) is 0 Å². The van der Waals surface area contributed by atoms with Crippen molar-refractivity contribution in [2.75, 3.05) is 6.61 Å². The zero-order valence-electron chi connectivity index (χ0n) is 11.5. The Morgan fingerprint density at radius 2 is 2.05 bits per heavy atom. The van der Waals surface area contributed by atoms with Crippen LogP contribution in [0.3, 0.4) is 0 Å². The minimum absolute atomic E-state index is 0.460. The van der Waals surface area contributed by atoms with Crippen LogP contribution in [-0.4, -0.2) is 26.8 Å². The molecule has 0 aliphatic rings.